The van der Waals surface area contributed by atoms with E-state index in [0.717, 1.165) is 27.1 Å². The number of nitrogens with two attached hydrogens (primary N) is 1. The number of aromatic nitrogens is 3. The predicted octanol–water partition coefficient (Wildman–Crippen LogP) is 2.12. The average molecular weight is 269 g/mol. The van der Waals surface area contributed by atoms with Gasteiger partial charge in [0.15, 0.2) is 5.16 Å². The minimum atomic E-state index is 0.604. The van der Waals surface area contributed by atoms with E-state index < -0.39 is 0 Å². The summed E-state index contributed by atoms with van der Waals surface area (Å²) < 4.78 is 1.72. The standard InChI is InChI=1S/C11H13ClN4S/c1-16-11(14-7-15-16)17-10-8(5-6-13)3-2-4-9(10)12/h2-4,7H,5-6,13H2,1H3. The van der Waals surface area contributed by atoms with Crippen molar-refractivity contribution in [3.63, 3.8) is 0 Å². The monoisotopic (exact) mass is 268 g/mol. The Labute approximate surface area is 109 Å². The quantitative estimate of drug-likeness (QED) is 0.923. The molecule has 90 valence electrons. The van der Waals surface area contributed by atoms with Crippen molar-refractivity contribution < 1.29 is 0 Å². The van der Waals surface area contributed by atoms with E-state index in [-0.39, 0.29) is 0 Å². The minimum Gasteiger partial charge on any atom is -0.330 e. The molecule has 6 heteroatoms. The molecule has 1 heterocycles. The van der Waals surface area contributed by atoms with Gasteiger partial charge in [0.1, 0.15) is 6.33 Å². The number of hydrogen-bond donors (Lipinski definition) is 1. The fraction of sp³-hybridized carbons (Fsp3) is 0.273. The molecule has 0 bridgehead atoms. The van der Waals surface area contributed by atoms with Crippen molar-refractivity contribution in [2.45, 2.75) is 16.5 Å². The van der Waals surface area contributed by atoms with E-state index in [2.05, 4.69) is 10.1 Å². The van der Waals surface area contributed by atoms with Crippen LogP contribution in [0.5, 0.6) is 0 Å². The molecule has 0 aliphatic heterocycles. The van der Waals surface area contributed by atoms with Crippen molar-refractivity contribution in [2.24, 2.45) is 12.8 Å². The molecule has 0 unspecified atom stereocenters. The fourth-order valence-corrected chi connectivity index (χ4v) is 2.73. The van der Waals surface area contributed by atoms with E-state index in [9.17, 15) is 0 Å². The zero-order valence-corrected chi connectivity index (χ0v) is 11.0. The molecular formula is C11H13ClN4S. The Kier molecular flexibility index (Phi) is 4.04. The first-order valence-electron chi connectivity index (χ1n) is 5.21. The predicted molar refractivity (Wildman–Crippen MR) is 69.3 cm³/mol. The van der Waals surface area contributed by atoms with Gasteiger partial charge in [-0.15, -0.1) is 0 Å². The maximum absolute atomic E-state index is 6.22. The van der Waals surface area contributed by atoms with Crippen LogP contribution in [0, 0.1) is 0 Å². The number of halogens is 1. The van der Waals surface area contributed by atoms with Crippen molar-refractivity contribution in [3.8, 4) is 0 Å². The van der Waals surface area contributed by atoms with Gasteiger partial charge in [0.05, 0.1) is 5.02 Å². The van der Waals surface area contributed by atoms with Gasteiger partial charge in [0, 0.05) is 11.9 Å². The summed E-state index contributed by atoms with van der Waals surface area (Å²) in [5.74, 6) is 0. The van der Waals surface area contributed by atoms with Crippen molar-refractivity contribution >= 4 is 23.4 Å². The van der Waals surface area contributed by atoms with Crippen LogP contribution in [0.4, 0.5) is 0 Å². The summed E-state index contributed by atoms with van der Waals surface area (Å²) in [7, 11) is 1.86. The van der Waals surface area contributed by atoms with E-state index in [1.165, 1.54) is 18.1 Å². The van der Waals surface area contributed by atoms with Gasteiger partial charge < -0.3 is 5.73 Å². The Balaban J connectivity index is 2.34. The number of benzene rings is 1. The first-order valence-corrected chi connectivity index (χ1v) is 6.41. The molecule has 0 saturated carbocycles. The van der Waals surface area contributed by atoms with Crippen LogP contribution in [0.15, 0.2) is 34.6 Å². The average Bonchev–Trinajstić information content (AvgIpc) is 2.70. The van der Waals surface area contributed by atoms with Crippen LogP contribution in [-0.2, 0) is 13.5 Å². The SMILES string of the molecule is Cn1ncnc1Sc1c(Cl)cccc1CCN. The van der Waals surface area contributed by atoms with Gasteiger partial charge >= 0.3 is 0 Å². The van der Waals surface area contributed by atoms with Crippen molar-refractivity contribution in [2.75, 3.05) is 6.54 Å². The lowest BCUT2D eigenvalue weighted by atomic mass is 10.1. The Morgan fingerprint density at radius 2 is 2.29 bits per heavy atom. The Hall–Kier alpha value is -1.04. The topological polar surface area (TPSA) is 56.7 Å². The summed E-state index contributed by atoms with van der Waals surface area (Å²) in [5.41, 5.74) is 6.74. The van der Waals surface area contributed by atoms with Crippen LogP contribution in [0.2, 0.25) is 5.02 Å². The molecule has 0 spiro atoms. The fourth-order valence-electron chi connectivity index (χ4n) is 1.49. The smallest absolute Gasteiger partial charge is 0.190 e. The van der Waals surface area contributed by atoms with Crippen molar-refractivity contribution in [1.82, 2.24) is 14.8 Å². The number of rotatable bonds is 4. The molecule has 2 N–H and O–H groups in total. The maximum Gasteiger partial charge on any atom is 0.190 e. The molecule has 4 nitrogen and oxygen atoms in total. The molecule has 0 aliphatic rings. The molecule has 0 radical (unpaired) electrons. The molecule has 1 aromatic heterocycles. The van der Waals surface area contributed by atoms with Gasteiger partial charge in [-0.1, -0.05) is 23.7 Å². The third-order valence-electron chi connectivity index (χ3n) is 2.33. The molecule has 0 atom stereocenters. The van der Waals surface area contributed by atoms with Crippen LogP contribution < -0.4 is 5.73 Å². The van der Waals surface area contributed by atoms with Crippen molar-refractivity contribution in [1.29, 1.82) is 0 Å². The van der Waals surface area contributed by atoms with Crippen LogP contribution in [0.3, 0.4) is 0 Å². The third-order valence-corrected chi connectivity index (χ3v) is 3.99. The molecule has 1 aromatic carbocycles. The molecule has 2 rings (SSSR count). The summed E-state index contributed by atoms with van der Waals surface area (Å²) in [4.78, 5) is 5.19. The Morgan fingerprint density at radius 3 is 2.94 bits per heavy atom. The third kappa shape index (κ3) is 2.80. The maximum atomic E-state index is 6.22. The number of nitrogens with zero attached hydrogens (tertiary/aromatic N) is 3. The zero-order valence-electron chi connectivity index (χ0n) is 9.43. The van der Waals surface area contributed by atoms with Crippen LogP contribution in [0.25, 0.3) is 0 Å². The highest BCUT2D eigenvalue weighted by Gasteiger charge is 2.11. The van der Waals surface area contributed by atoms with Crippen LogP contribution >= 0.6 is 23.4 Å². The van der Waals surface area contributed by atoms with Gasteiger partial charge in [-0.2, -0.15) is 5.10 Å². The van der Waals surface area contributed by atoms with E-state index in [1.807, 2.05) is 25.2 Å². The lowest BCUT2D eigenvalue weighted by molar-refractivity contribution is 0.685. The summed E-state index contributed by atoms with van der Waals surface area (Å²) in [6, 6.07) is 5.85. The second-order valence-corrected chi connectivity index (χ2v) is 4.92. The summed E-state index contributed by atoms with van der Waals surface area (Å²) in [6.07, 6.45) is 2.34. The Morgan fingerprint density at radius 1 is 1.47 bits per heavy atom. The van der Waals surface area contributed by atoms with Gasteiger partial charge in [0.2, 0.25) is 0 Å². The number of hydrogen-bond acceptors (Lipinski definition) is 4. The first-order chi connectivity index (χ1) is 8.22. The first kappa shape index (κ1) is 12.4. The highest BCUT2D eigenvalue weighted by Crippen LogP contribution is 2.34. The summed E-state index contributed by atoms with van der Waals surface area (Å²) >= 11 is 7.73. The summed E-state index contributed by atoms with van der Waals surface area (Å²) in [5, 5.41) is 5.58. The molecule has 0 amide bonds. The molecule has 0 fully saturated rings. The molecule has 0 aliphatic carbocycles. The van der Waals surface area contributed by atoms with Gasteiger partial charge in [0.25, 0.3) is 0 Å². The van der Waals surface area contributed by atoms with Crippen molar-refractivity contribution in [3.05, 3.63) is 35.1 Å². The van der Waals surface area contributed by atoms with Crippen LogP contribution in [-0.4, -0.2) is 21.3 Å². The largest absolute Gasteiger partial charge is 0.330 e. The highest BCUT2D eigenvalue weighted by molar-refractivity contribution is 7.99. The summed E-state index contributed by atoms with van der Waals surface area (Å²) in [6.45, 7) is 0.604. The lowest BCUT2D eigenvalue weighted by Crippen LogP contribution is -2.04. The highest BCUT2D eigenvalue weighted by atomic mass is 35.5. The second kappa shape index (κ2) is 5.53. The van der Waals surface area contributed by atoms with Gasteiger partial charge in [-0.3, -0.25) is 0 Å². The minimum absolute atomic E-state index is 0.604. The normalized spacial score (nSPS) is 10.8. The van der Waals surface area contributed by atoms with E-state index in [1.54, 1.807) is 4.68 Å². The molecule has 2 aromatic rings. The van der Waals surface area contributed by atoms with E-state index in [4.69, 9.17) is 17.3 Å². The van der Waals surface area contributed by atoms with E-state index >= 15 is 0 Å². The molecule has 0 saturated heterocycles. The molecule has 17 heavy (non-hydrogen) atoms. The van der Waals surface area contributed by atoms with Crippen LogP contribution in [0.1, 0.15) is 5.56 Å². The van der Waals surface area contributed by atoms with Gasteiger partial charge in [-0.05, 0) is 36.4 Å². The number of aryl methyl sites for hydroxylation is 1. The second-order valence-electron chi connectivity index (χ2n) is 3.54. The van der Waals surface area contributed by atoms with E-state index in [0.29, 0.717) is 6.54 Å². The van der Waals surface area contributed by atoms with Gasteiger partial charge in [-0.25, -0.2) is 9.67 Å². The lowest BCUT2D eigenvalue weighted by Gasteiger charge is -2.09. The Bertz CT molecular complexity index is 512. The molecular weight excluding hydrogens is 256 g/mol. The zero-order chi connectivity index (χ0) is 12.3.